The highest BCUT2D eigenvalue weighted by molar-refractivity contribution is 7.99. The third kappa shape index (κ3) is 3.85. The van der Waals surface area contributed by atoms with E-state index in [2.05, 4.69) is 24.4 Å². The number of thioether (sulfide) groups is 1. The van der Waals surface area contributed by atoms with E-state index in [1.165, 1.54) is 5.56 Å². The highest BCUT2D eigenvalue weighted by Crippen LogP contribution is 2.14. The molecular weight excluding hydrogens is 242 g/mol. The van der Waals surface area contributed by atoms with Crippen LogP contribution in [0, 0.1) is 0 Å². The van der Waals surface area contributed by atoms with Crippen molar-refractivity contribution in [2.45, 2.75) is 32.2 Å². The average molecular weight is 263 g/mol. The molecule has 98 valence electrons. The number of carbonyl (C=O) groups excluding carboxylic acids is 1. The third-order valence-electron chi connectivity index (χ3n) is 3.24. The molecule has 3 heteroatoms. The number of hydrogen-bond acceptors (Lipinski definition) is 3. The number of carbonyl (C=O) groups is 1. The Balaban J connectivity index is 1.91. The summed E-state index contributed by atoms with van der Waals surface area (Å²) in [5.41, 5.74) is 2.17. The molecule has 0 spiro atoms. The molecule has 0 radical (unpaired) electrons. The maximum absolute atomic E-state index is 12.1. The van der Waals surface area contributed by atoms with Gasteiger partial charge in [-0.3, -0.25) is 4.79 Å². The average Bonchev–Trinajstić information content (AvgIpc) is 2.41. The molecule has 1 atom stereocenters. The number of rotatable bonds is 5. The Hall–Kier alpha value is -0.800. The number of Topliss-reactive ketones (excluding diaryl/α,β-unsaturated/α-hetero) is 1. The van der Waals surface area contributed by atoms with E-state index in [-0.39, 0.29) is 5.78 Å². The maximum Gasteiger partial charge on any atom is 0.164 e. The first-order valence-electron chi connectivity index (χ1n) is 6.73. The zero-order valence-corrected chi connectivity index (χ0v) is 11.8. The molecular formula is C15H21NOS. The van der Waals surface area contributed by atoms with Crippen LogP contribution in [-0.2, 0) is 6.42 Å². The van der Waals surface area contributed by atoms with Crippen molar-refractivity contribution in [1.82, 2.24) is 5.32 Å². The lowest BCUT2D eigenvalue weighted by atomic mass is 10.0. The van der Waals surface area contributed by atoms with Gasteiger partial charge in [-0.25, -0.2) is 0 Å². The van der Waals surface area contributed by atoms with Gasteiger partial charge in [0, 0.05) is 36.1 Å². The zero-order valence-electron chi connectivity index (χ0n) is 10.9. The van der Waals surface area contributed by atoms with Gasteiger partial charge < -0.3 is 5.32 Å². The smallest absolute Gasteiger partial charge is 0.164 e. The number of ketones is 1. The van der Waals surface area contributed by atoms with Crippen molar-refractivity contribution in [2.75, 3.05) is 18.1 Å². The second-order valence-electron chi connectivity index (χ2n) is 4.80. The third-order valence-corrected chi connectivity index (χ3v) is 4.38. The second kappa shape index (κ2) is 6.95. The van der Waals surface area contributed by atoms with Crippen LogP contribution in [0.4, 0.5) is 0 Å². The highest BCUT2D eigenvalue weighted by atomic mass is 32.2. The Morgan fingerprint density at radius 1 is 1.39 bits per heavy atom. The van der Waals surface area contributed by atoms with Crippen molar-refractivity contribution in [3.05, 3.63) is 35.4 Å². The monoisotopic (exact) mass is 263 g/mol. The molecule has 1 aliphatic rings. The first-order valence-corrected chi connectivity index (χ1v) is 7.88. The number of nitrogens with one attached hydrogen (secondary N) is 1. The van der Waals surface area contributed by atoms with E-state index in [4.69, 9.17) is 0 Å². The summed E-state index contributed by atoms with van der Waals surface area (Å²) in [7, 11) is 0. The molecule has 1 N–H and O–H groups in total. The first kappa shape index (κ1) is 13.6. The summed E-state index contributed by atoms with van der Waals surface area (Å²) in [5, 5.41) is 3.41. The van der Waals surface area contributed by atoms with E-state index in [1.807, 2.05) is 23.9 Å². The molecule has 2 rings (SSSR count). The summed E-state index contributed by atoms with van der Waals surface area (Å²) in [6, 6.07) is 8.47. The molecule has 1 aromatic rings. The Morgan fingerprint density at radius 3 is 2.78 bits per heavy atom. The molecule has 0 aliphatic carbocycles. The van der Waals surface area contributed by atoms with Gasteiger partial charge in [0.25, 0.3) is 0 Å². The summed E-state index contributed by atoms with van der Waals surface area (Å²) in [5.74, 6) is 2.48. The van der Waals surface area contributed by atoms with E-state index in [0.29, 0.717) is 12.5 Å². The first-order chi connectivity index (χ1) is 8.79. The Bertz CT molecular complexity index is 382. The van der Waals surface area contributed by atoms with Gasteiger partial charge in [-0.15, -0.1) is 0 Å². The summed E-state index contributed by atoms with van der Waals surface area (Å²) in [6.07, 6.45) is 2.87. The molecule has 0 aromatic heterocycles. The quantitative estimate of drug-likeness (QED) is 0.828. The minimum atomic E-state index is 0.262. The largest absolute Gasteiger partial charge is 0.312 e. The molecule has 1 unspecified atom stereocenters. The number of aryl methyl sites for hydroxylation is 1. The maximum atomic E-state index is 12.1. The van der Waals surface area contributed by atoms with Gasteiger partial charge >= 0.3 is 0 Å². The van der Waals surface area contributed by atoms with Crippen molar-refractivity contribution >= 4 is 17.5 Å². The lowest BCUT2D eigenvalue weighted by Gasteiger charge is -2.22. The molecule has 18 heavy (non-hydrogen) atoms. The summed E-state index contributed by atoms with van der Waals surface area (Å²) in [4.78, 5) is 12.1. The van der Waals surface area contributed by atoms with Crippen LogP contribution in [0.3, 0.4) is 0 Å². The van der Waals surface area contributed by atoms with Crippen LogP contribution in [-0.4, -0.2) is 29.9 Å². The van der Waals surface area contributed by atoms with Gasteiger partial charge in [0.15, 0.2) is 5.78 Å². The molecule has 2 nitrogen and oxygen atoms in total. The van der Waals surface area contributed by atoms with Crippen LogP contribution >= 0.6 is 11.8 Å². The van der Waals surface area contributed by atoms with Crippen molar-refractivity contribution in [2.24, 2.45) is 0 Å². The minimum Gasteiger partial charge on any atom is -0.312 e. The molecule has 1 heterocycles. The number of hydrogen-bond donors (Lipinski definition) is 1. The highest BCUT2D eigenvalue weighted by Gasteiger charge is 2.17. The van der Waals surface area contributed by atoms with E-state index in [1.54, 1.807) is 0 Å². The van der Waals surface area contributed by atoms with E-state index in [0.717, 1.165) is 36.5 Å². The topological polar surface area (TPSA) is 29.1 Å². The molecule has 0 bridgehead atoms. The zero-order chi connectivity index (χ0) is 12.8. The molecule has 1 saturated heterocycles. The van der Waals surface area contributed by atoms with Crippen molar-refractivity contribution in [3.8, 4) is 0 Å². The lowest BCUT2D eigenvalue weighted by molar-refractivity contribution is 0.0972. The SMILES string of the molecule is CCCc1ccc(C(=O)CC2CSCCN2)cc1. The van der Waals surface area contributed by atoms with Crippen LogP contribution in [0.5, 0.6) is 0 Å². The Morgan fingerprint density at radius 2 is 2.17 bits per heavy atom. The number of benzene rings is 1. The minimum absolute atomic E-state index is 0.262. The van der Waals surface area contributed by atoms with Gasteiger partial charge in [-0.1, -0.05) is 37.6 Å². The van der Waals surface area contributed by atoms with Crippen LogP contribution in [0.1, 0.15) is 35.7 Å². The fourth-order valence-corrected chi connectivity index (χ4v) is 3.19. The predicted molar refractivity (Wildman–Crippen MR) is 78.5 cm³/mol. The van der Waals surface area contributed by atoms with Crippen LogP contribution in [0.25, 0.3) is 0 Å². The van der Waals surface area contributed by atoms with Crippen LogP contribution in [0.2, 0.25) is 0 Å². The molecule has 0 amide bonds. The van der Waals surface area contributed by atoms with Crippen molar-refractivity contribution < 1.29 is 4.79 Å². The summed E-state index contributed by atoms with van der Waals surface area (Å²) in [6.45, 7) is 3.20. The van der Waals surface area contributed by atoms with E-state index in [9.17, 15) is 4.79 Å². The summed E-state index contributed by atoms with van der Waals surface area (Å²) >= 11 is 1.93. The molecule has 0 saturated carbocycles. The van der Waals surface area contributed by atoms with Gasteiger partial charge in [0.2, 0.25) is 0 Å². The van der Waals surface area contributed by atoms with E-state index >= 15 is 0 Å². The van der Waals surface area contributed by atoms with Crippen molar-refractivity contribution in [3.63, 3.8) is 0 Å². The van der Waals surface area contributed by atoms with Crippen molar-refractivity contribution in [1.29, 1.82) is 0 Å². The fourth-order valence-electron chi connectivity index (χ4n) is 2.24. The Labute approximate surface area is 114 Å². The second-order valence-corrected chi connectivity index (χ2v) is 5.95. The molecule has 1 aliphatic heterocycles. The summed E-state index contributed by atoms with van der Waals surface area (Å²) < 4.78 is 0. The van der Waals surface area contributed by atoms with Crippen LogP contribution in [0.15, 0.2) is 24.3 Å². The van der Waals surface area contributed by atoms with Gasteiger partial charge in [0.05, 0.1) is 0 Å². The van der Waals surface area contributed by atoms with Gasteiger partial charge in [-0.05, 0) is 12.0 Å². The predicted octanol–water partition coefficient (Wildman–Crippen LogP) is 2.92. The van der Waals surface area contributed by atoms with E-state index < -0.39 is 0 Å². The van der Waals surface area contributed by atoms with Gasteiger partial charge in [-0.2, -0.15) is 11.8 Å². The Kier molecular flexibility index (Phi) is 5.26. The molecule has 1 aromatic carbocycles. The fraction of sp³-hybridized carbons (Fsp3) is 0.533. The van der Waals surface area contributed by atoms with Gasteiger partial charge in [0.1, 0.15) is 0 Å². The molecule has 1 fully saturated rings. The normalized spacial score (nSPS) is 19.7. The lowest BCUT2D eigenvalue weighted by Crippen LogP contribution is -2.38. The van der Waals surface area contributed by atoms with Crippen LogP contribution < -0.4 is 5.32 Å². The standard InChI is InChI=1S/C15H21NOS/c1-2-3-12-4-6-13(7-5-12)15(17)10-14-11-18-9-8-16-14/h4-7,14,16H,2-3,8-11H2,1H3.